The Hall–Kier alpha value is -0.750. The molecular weight excluding hydrogens is 313 g/mol. The van der Waals surface area contributed by atoms with Gasteiger partial charge in [0.25, 0.3) is 0 Å². The van der Waals surface area contributed by atoms with Crippen LogP contribution in [0.4, 0.5) is 13.2 Å². The van der Waals surface area contributed by atoms with E-state index in [0.29, 0.717) is 17.5 Å². The maximum atomic E-state index is 12.8. The molecule has 1 aromatic carbocycles. The van der Waals surface area contributed by atoms with Crippen molar-refractivity contribution in [3.8, 4) is 5.75 Å². The Morgan fingerprint density at radius 1 is 1.22 bits per heavy atom. The van der Waals surface area contributed by atoms with Gasteiger partial charge in [-0.3, -0.25) is 0 Å². The first-order chi connectivity index (χ1) is 8.49. The molecule has 0 aliphatic heterocycles. The first-order valence-corrected chi connectivity index (χ1v) is 6.57. The van der Waals surface area contributed by atoms with Gasteiger partial charge in [-0.05, 0) is 24.6 Å². The second-order valence-electron chi connectivity index (χ2n) is 3.51. The van der Waals surface area contributed by atoms with E-state index in [1.165, 1.54) is 6.07 Å². The van der Waals surface area contributed by atoms with Crippen molar-refractivity contribution in [1.82, 2.24) is 0 Å². The van der Waals surface area contributed by atoms with Crippen molar-refractivity contribution < 1.29 is 22.6 Å². The van der Waals surface area contributed by atoms with E-state index in [9.17, 15) is 13.2 Å². The Labute approximate surface area is 112 Å². The Kier molecular flexibility index (Phi) is 5.95. The van der Waals surface area contributed by atoms with Gasteiger partial charge in [0.1, 0.15) is 12.4 Å². The van der Waals surface area contributed by atoms with Crippen LogP contribution in [-0.2, 0) is 16.2 Å². The summed E-state index contributed by atoms with van der Waals surface area (Å²) in [7, 11) is 0. The lowest BCUT2D eigenvalue weighted by atomic mass is 10.1. The average molecular weight is 327 g/mol. The maximum Gasteiger partial charge on any atom is 0.419 e. The fraction of sp³-hybridized carbons (Fsp3) is 0.500. The number of alkyl halides is 4. The van der Waals surface area contributed by atoms with E-state index in [1.54, 1.807) is 6.07 Å². The second-order valence-corrected chi connectivity index (χ2v) is 4.07. The number of rotatable bonds is 6. The number of benzene rings is 1. The van der Waals surface area contributed by atoms with Crippen LogP contribution in [0.1, 0.15) is 18.1 Å². The molecular formula is C12H14BrF3O2. The summed E-state index contributed by atoms with van der Waals surface area (Å²) in [5.74, 6) is -0.160. The number of halogens is 4. The van der Waals surface area contributed by atoms with Crippen molar-refractivity contribution in [3.05, 3.63) is 29.3 Å². The van der Waals surface area contributed by atoms with Gasteiger partial charge < -0.3 is 9.47 Å². The summed E-state index contributed by atoms with van der Waals surface area (Å²) in [6.07, 6.45) is -4.42. The molecule has 0 fully saturated rings. The average Bonchev–Trinajstić information content (AvgIpc) is 2.33. The fourth-order valence-electron chi connectivity index (χ4n) is 1.36. The van der Waals surface area contributed by atoms with Crippen LogP contribution < -0.4 is 4.74 Å². The van der Waals surface area contributed by atoms with Crippen LogP contribution in [0, 0.1) is 0 Å². The van der Waals surface area contributed by atoms with E-state index >= 15 is 0 Å². The molecule has 0 spiro atoms. The van der Waals surface area contributed by atoms with Crippen molar-refractivity contribution >= 4 is 15.9 Å². The van der Waals surface area contributed by atoms with Gasteiger partial charge in [0, 0.05) is 11.9 Å². The van der Waals surface area contributed by atoms with E-state index in [0.717, 1.165) is 6.07 Å². The van der Waals surface area contributed by atoms with Crippen molar-refractivity contribution in [3.63, 3.8) is 0 Å². The summed E-state index contributed by atoms with van der Waals surface area (Å²) in [6, 6.07) is 4.02. The molecule has 0 saturated heterocycles. The Balaban J connectivity index is 2.82. The normalized spacial score (nSPS) is 11.6. The minimum absolute atomic E-state index is 0.102. The van der Waals surface area contributed by atoms with Gasteiger partial charge in [0.2, 0.25) is 0 Å². The van der Waals surface area contributed by atoms with E-state index in [4.69, 9.17) is 9.47 Å². The number of hydrogen-bond donors (Lipinski definition) is 0. The molecule has 0 aromatic heterocycles. The summed E-state index contributed by atoms with van der Waals surface area (Å²) < 4.78 is 48.6. The third-order valence-corrected chi connectivity index (χ3v) is 2.84. The molecule has 0 aliphatic carbocycles. The zero-order valence-electron chi connectivity index (χ0n) is 9.89. The molecule has 0 unspecified atom stereocenters. The molecule has 0 bridgehead atoms. The molecule has 1 rings (SSSR count). The molecule has 0 amide bonds. The highest BCUT2D eigenvalue weighted by atomic mass is 79.9. The van der Waals surface area contributed by atoms with Gasteiger partial charge >= 0.3 is 6.18 Å². The highest BCUT2D eigenvalue weighted by Gasteiger charge is 2.34. The lowest BCUT2D eigenvalue weighted by molar-refractivity contribution is -0.139. The van der Waals surface area contributed by atoms with Crippen molar-refractivity contribution in [2.24, 2.45) is 0 Å². The topological polar surface area (TPSA) is 18.5 Å². The van der Waals surface area contributed by atoms with E-state index in [2.05, 4.69) is 15.9 Å². The zero-order valence-corrected chi connectivity index (χ0v) is 11.5. The van der Waals surface area contributed by atoms with Gasteiger partial charge in [-0.25, -0.2) is 0 Å². The lowest BCUT2D eigenvalue weighted by Gasteiger charge is -2.15. The summed E-state index contributed by atoms with van der Waals surface area (Å²) in [4.78, 5) is 0. The monoisotopic (exact) mass is 326 g/mol. The van der Waals surface area contributed by atoms with Gasteiger partial charge in [0.05, 0.1) is 12.2 Å². The van der Waals surface area contributed by atoms with Crippen LogP contribution in [0.15, 0.2) is 18.2 Å². The molecule has 6 heteroatoms. The molecule has 2 nitrogen and oxygen atoms in total. The molecule has 1 aromatic rings. The Morgan fingerprint density at radius 3 is 2.50 bits per heavy atom. The lowest BCUT2D eigenvalue weighted by Crippen LogP contribution is -2.12. The second kappa shape index (κ2) is 6.99. The summed E-state index contributed by atoms with van der Waals surface area (Å²) >= 11 is 3.13. The smallest absolute Gasteiger partial charge is 0.419 e. The van der Waals surface area contributed by atoms with Crippen molar-refractivity contribution in [2.75, 3.05) is 19.8 Å². The molecule has 0 saturated carbocycles. The van der Waals surface area contributed by atoms with Gasteiger partial charge in [-0.1, -0.05) is 22.0 Å². The van der Waals surface area contributed by atoms with E-state index in [1.807, 2.05) is 6.92 Å². The largest absolute Gasteiger partial charge is 0.491 e. The Bertz CT molecular complexity index is 380. The first-order valence-electron chi connectivity index (χ1n) is 5.45. The Morgan fingerprint density at radius 2 is 1.94 bits per heavy atom. The predicted octanol–water partition coefficient (Wildman–Crippen LogP) is 4.02. The summed E-state index contributed by atoms with van der Waals surface area (Å²) in [5, 5.41) is 0.370. The highest BCUT2D eigenvalue weighted by Crippen LogP contribution is 2.37. The van der Waals surface area contributed by atoms with Crippen LogP contribution in [0.25, 0.3) is 0 Å². The van der Waals surface area contributed by atoms with E-state index in [-0.39, 0.29) is 19.0 Å². The maximum absolute atomic E-state index is 12.8. The predicted molar refractivity (Wildman–Crippen MR) is 66.1 cm³/mol. The number of ether oxygens (including phenoxy) is 2. The van der Waals surface area contributed by atoms with Crippen LogP contribution in [-0.4, -0.2) is 19.8 Å². The van der Waals surface area contributed by atoms with Crippen LogP contribution in [0.5, 0.6) is 5.75 Å². The third kappa shape index (κ3) is 4.49. The molecule has 0 heterocycles. The van der Waals surface area contributed by atoms with Crippen molar-refractivity contribution in [1.29, 1.82) is 0 Å². The molecule has 0 radical (unpaired) electrons. The van der Waals surface area contributed by atoms with Gasteiger partial charge in [-0.15, -0.1) is 0 Å². The standard InChI is InChI=1S/C12H14BrF3O2/c1-2-17-5-6-18-11-4-3-9(8-13)7-10(11)12(14,15)16/h3-4,7H,2,5-6,8H2,1H3. The first kappa shape index (κ1) is 15.3. The molecule has 0 atom stereocenters. The molecule has 0 aliphatic rings. The summed E-state index contributed by atoms with van der Waals surface area (Å²) in [6.45, 7) is 2.70. The zero-order chi connectivity index (χ0) is 13.6. The molecule has 0 N–H and O–H groups in total. The highest BCUT2D eigenvalue weighted by molar-refractivity contribution is 9.08. The van der Waals surface area contributed by atoms with Crippen LogP contribution >= 0.6 is 15.9 Å². The van der Waals surface area contributed by atoms with E-state index < -0.39 is 11.7 Å². The van der Waals surface area contributed by atoms with Gasteiger partial charge in [0.15, 0.2) is 0 Å². The molecule has 102 valence electrons. The summed E-state index contributed by atoms with van der Waals surface area (Å²) in [5.41, 5.74) is -0.199. The minimum atomic E-state index is -4.42. The number of hydrogen-bond acceptors (Lipinski definition) is 2. The van der Waals surface area contributed by atoms with Crippen LogP contribution in [0.3, 0.4) is 0 Å². The third-order valence-electron chi connectivity index (χ3n) is 2.19. The van der Waals surface area contributed by atoms with Gasteiger partial charge in [-0.2, -0.15) is 13.2 Å². The fourth-order valence-corrected chi connectivity index (χ4v) is 1.71. The van der Waals surface area contributed by atoms with Crippen molar-refractivity contribution in [2.45, 2.75) is 18.4 Å². The minimum Gasteiger partial charge on any atom is -0.491 e. The quantitative estimate of drug-likeness (QED) is 0.580. The SMILES string of the molecule is CCOCCOc1ccc(CBr)cc1C(F)(F)F. The molecule has 18 heavy (non-hydrogen) atoms. The van der Waals surface area contributed by atoms with Crippen LogP contribution in [0.2, 0.25) is 0 Å².